The number of aliphatic hydroxyl groups excluding tert-OH is 1. The van der Waals surface area contributed by atoms with Crippen LogP contribution in [0, 0.1) is 6.92 Å². The van der Waals surface area contributed by atoms with Crippen molar-refractivity contribution in [3.05, 3.63) is 53.6 Å². The zero-order chi connectivity index (χ0) is 15.2. The molecule has 0 fully saturated rings. The lowest BCUT2D eigenvalue weighted by atomic mass is 10.1. The number of methoxy groups -OCH3 is 2. The predicted molar refractivity (Wildman–Crippen MR) is 84.2 cm³/mol. The molecule has 0 saturated heterocycles. The molecule has 112 valence electrons. The van der Waals surface area contributed by atoms with Gasteiger partial charge >= 0.3 is 0 Å². The molecule has 0 aromatic heterocycles. The minimum Gasteiger partial charge on any atom is -0.497 e. The topological polar surface area (TPSA) is 50.7 Å². The van der Waals surface area contributed by atoms with Gasteiger partial charge in [0.25, 0.3) is 0 Å². The van der Waals surface area contributed by atoms with Crippen molar-refractivity contribution in [1.82, 2.24) is 0 Å². The van der Waals surface area contributed by atoms with E-state index in [4.69, 9.17) is 9.47 Å². The highest BCUT2D eigenvalue weighted by molar-refractivity contribution is 5.50. The first-order valence-electron chi connectivity index (χ1n) is 6.84. The molecule has 0 aliphatic heterocycles. The standard InChI is InChI=1S/C17H21NO3/c1-12-5-4-6-13(9-12)18-16(11-19)15-8-7-14(20-2)10-17(15)21-3/h4-10,16,18-19H,11H2,1-3H3. The van der Waals surface area contributed by atoms with Crippen LogP contribution in [0.15, 0.2) is 42.5 Å². The summed E-state index contributed by atoms with van der Waals surface area (Å²) in [5.41, 5.74) is 3.02. The molecule has 0 amide bonds. The minimum atomic E-state index is -0.243. The second kappa shape index (κ2) is 6.99. The third-order valence-electron chi connectivity index (χ3n) is 3.36. The van der Waals surface area contributed by atoms with Crippen LogP contribution in [0.2, 0.25) is 0 Å². The summed E-state index contributed by atoms with van der Waals surface area (Å²) in [7, 11) is 3.22. The van der Waals surface area contributed by atoms with Crippen molar-refractivity contribution in [3.63, 3.8) is 0 Å². The largest absolute Gasteiger partial charge is 0.497 e. The van der Waals surface area contributed by atoms with Gasteiger partial charge in [-0.05, 0) is 36.8 Å². The highest BCUT2D eigenvalue weighted by Crippen LogP contribution is 2.31. The summed E-state index contributed by atoms with van der Waals surface area (Å²) in [5.74, 6) is 1.41. The van der Waals surface area contributed by atoms with Crippen molar-refractivity contribution in [2.24, 2.45) is 0 Å². The maximum Gasteiger partial charge on any atom is 0.127 e. The average Bonchev–Trinajstić information content (AvgIpc) is 2.52. The summed E-state index contributed by atoms with van der Waals surface area (Å²) >= 11 is 0. The number of hydrogen-bond donors (Lipinski definition) is 2. The minimum absolute atomic E-state index is 0.0311. The summed E-state index contributed by atoms with van der Waals surface area (Å²) in [6, 6.07) is 13.4. The fourth-order valence-electron chi connectivity index (χ4n) is 2.26. The van der Waals surface area contributed by atoms with Gasteiger partial charge in [-0.1, -0.05) is 12.1 Å². The molecule has 4 nitrogen and oxygen atoms in total. The fourth-order valence-corrected chi connectivity index (χ4v) is 2.26. The first-order chi connectivity index (χ1) is 10.2. The Morgan fingerprint density at radius 2 is 1.90 bits per heavy atom. The number of anilines is 1. The molecule has 0 spiro atoms. The molecule has 2 rings (SSSR count). The third-order valence-corrected chi connectivity index (χ3v) is 3.36. The number of nitrogens with one attached hydrogen (secondary N) is 1. The van der Waals surface area contributed by atoms with E-state index in [0.717, 1.165) is 17.0 Å². The number of hydrogen-bond acceptors (Lipinski definition) is 4. The quantitative estimate of drug-likeness (QED) is 0.857. The number of aryl methyl sites for hydroxylation is 1. The van der Waals surface area contributed by atoms with Gasteiger partial charge in [-0.2, -0.15) is 0 Å². The van der Waals surface area contributed by atoms with Crippen LogP contribution in [-0.2, 0) is 0 Å². The summed E-state index contributed by atoms with van der Waals surface area (Å²) in [6.45, 7) is 2.00. The summed E-state index contributed by atoms with van der Waals surface area (Å²) in [5, 5.41) is 13.0. The van der Waals surface area contributed by atoms with E-state index in [0.29, 0.717) is 5.75 Å². The molecular weight excluding hydrogens is 266 g/mol. The number of ether oxygens (including phenoxy) is 2. The van der Waals surface area contributed by atoms with Crippen LogP contribution in [0.4, 0.5) is 5.69 Å². The summed E-state index contributed by atoms with van der Waals surface area (Å²) < 4.78 is 10.6. The van der Waals surface area contributed by atoms with Crippen LogP contribution in [0.25, 0.3) is 0 Å². The van der Waals surface area contributed by atoms with E-state index in [-0.39, 0.29) is 12.6 Å². The van der Waals surface area contributed by atoms with E-state index < -0.39 is 0 Å². The van der Waals surface area contributed by atoms with Gasteiger partial charge in [0.15, 0.2) is 0 Å². The maximum absolute atomic E-state index is 9.71. The van der Waals surface area contributed by atoms with Gasteiger partial charge in [0, 0.05) is 17.3 Å². The highest BCUT2D eigenvalue weighted by atomic mass is 16.5. The molecule has 0 saturated carbocycles. The van der Waals surface area contributed by atoms with Crippen LogP contribution in [-0.4, -0.2) is 25.9 Å². The fraction of sp³-hybridized carbons (Fsp3) is 0.294. The molecule has 1 unspecified atom stereocenters. The molecule has 2 N–H and O–H groups in total. The molecule has 2 aromatic rings. The number of aliphatic hydroxyl groups is 1. The van der Waals surface area contributed by atoms with Crippen molar-refractivity contribution < 1.29 is 14.6 Å². The molecule has 4 heteroatoms. The average molecular weight is 287 g/mol. The second-order valence-corrected chi connectivity index (χ2v) is 4.86. The molecule has 0 aliphatic carbocycles. The monoisotopic (exact) mass is 287 g/mol. The van der Waals surface area contributed by atoms with E-state index in [9.17, 15) is 5.11 Å². The molecule has 0 bridgehead atoms. The van der Waals surface area contributed by atoms with E-state index in [1.807, 2.05) is 49.4 Å². The summed E-state index contributed by atoms with van der Waals surface area (Å²) in [6.07, 6.45) is 0. The van der Waals surface area contributed by atoms with Crippen molar-refractivity contribution in [3.8, 4) is 11.5 Å². The number of rotatable bonds is 6. The zero-order valence-electron chi connectivity index (χ0n) is 12.6. The highest BCUT2D eigenvalue weighted by Gasteiger charge is 2.16. The van der Waals surface area contributed by atoms with Crippen LogP contribution < -0.4 is 14.8 Å². The Labute approximate surface area is 125 Å². The van der Waals surface area contributed by atoms with Crippen LogP contribution >= 0.6 is 0 Å². The van der Waals surface area contributed by atoms with Gasteiger partial charge in [-0.25, -0.2) is 0 Å². The SMILES string of the molecule is COc1ccc(C(CO)Nc2cccc(C)c2)c(OC)c1. The van der Waals surface area contributed by atoms with Gasteiger partial charge in [0.2, 0.25) is 0 Å². The lowest BCUT2D eigenvalue weighted by Gasteiger charge is -2.21. The van der Waals surface area contributed by atoms with E-state index in [1.165, 1.54) is 5.56 Å². The Morgan fingerprint density at radius 3 is 2.52 bits per heavy atom. The molecule has 21 heavy (non-hydrogen) atoms. The lowest BCUT2D eigenvalue weighted by Crippen LogP contribution is -2.16. The van der Waals surface area contributed by atoms with Crippen LogP contribution in [0.5, 0.6) is 11.5 Å². The molecular formula is C17H21NO3. The normalized spacial score (nSPS) is 11.8. The van der Waals surface area contributed by atoms with Crippen LogP contribution in [0.1, 0.15) is 17.2 Å². The van der Waals surface area contributed by atoms with Crippen molar-refractivity contribution in [2.75, 3.05) is 26.1 Å². The Hall–Kier alpha value is -2.20. The van der Waals surface area contributed by atoms with Gasteiger partial charge in [0.05, 0.1) is 26.9 Å². The van der Waals surface area contributed by atoms with Gasteiger partial charge in [-0.3, -0.25) is 0 Å². The third kappa shape index (κ3) is 3.67. The Balaban J connectivity index is 2.28. The first-order valence-corrected chi connectivity index (χ1v) is 6.84. The van der Waals surface area contributed by atoms with Gasteiger partial charge in [0.1, 0.15) is 11.5 Å². The van der Waals surface area contributed by atoms with E-state index in [1.54, 1.807) is 14.2 Å². The lowest BCUT2D eigenvalue weighted by molar-refractivity contribution is 0.273. The van der Waals surface area contributed by atoms with Crippen molar-refractivity contribution >= 4 is 5.69 Å². The van der Waals surface area contributed by atoms with Gasteiger partial charge in [-0.15, -0.1) is 0 Å². The molecule has 0 heterocycles. The Morgan fingerprint density at radius 1 is 1.10 bits per heavy atom. The molecule has 0 aliphatic rings. The predicted octanol–water partition coefficient (Wildman–Crippen LogP) is 3.16. The first kappa shape index (κ1) is 15.2. The smallest absolute Gasteiger partial charge is 0.127 e. The molecule has 1 atom stereocenters. The van der Waals surface area contributed by atoms with Crippen molar-refractivity contribution in [1.29, 1.82) is 0 Å². The second-order valence-electron chi connectivity index (χ2n) is 4.86. The maximum atomic E-state index is 9.71. The van der Waals surface area contributed by atoms with Crippen LogP contribution in [0.3, 0.4) is 0 Å². The zero-order valence-corrected chi connectivity index (χ0v) is 12.6. The Bertz CT molecular complexity index is 598. The Kier molecular flexibility index (Phi) is 5.06. The number of benzene rings is 2. The van der Waals surface area contributed by atoms with Crippen molar-refractivity contribution in [2.45, 2.75) is 13.0 Å². The van der Waals surface area contributed by atoms with Gasteiger partial charge < -0.3 is 19.9 Å². The van der Waals surface area contributed by atoms with E-state index in [2.05, 4.69) is 5.32 Å². The van der Waals surface area contributed by atoms with E-state index >= 15 is 0 Å². The summed E-state index contributed by atoms with van der Waals surface area (Å²) in [4.78, 5) is 0. The molecule has 2 aromatic carbocycles. The molecule has 0 radical (unpaired) electrons.